The van der Waals surface area contributed by atoms with Gasteiger partial charge in [-0.1, -0.05) is 11.6 Å². The smallest absolute Gasteiger partial charge is 0.304 e. The summed E-state index contributed by atoms with van der Waals surface area (Å²) < 4.78 is 27.5. The topological polar surface area (TPSA) is 99.6 Å². The first kappa shape index (κ1) is 16.2. The Balaban J connectivity index is 2.84. The fraction of sp³-hybridized carbons (Fsp3) is 0.333. The number of aromatic nitrogens is 1. The van der Waals surface area contributed by atoms with Gasteiger partial charge in [-0.15, -0.1) is 0 Å². The second-order valence-electron chi connectivity index (χ2n) is 3.56. The van der Waals surface area contributed by atoms with E-state index >= 15 is 0 Å². The lowest BCUT2D eigenvalue weighted by Gasteiger charge is -2.17. The minimum Gasteiger partial charge on any atom is -0.481 e. The summed E-state index contributed by atoms with van der Waals surface area (Å²) in [5, 5.41) is 8.52. The minimum atomic E-state index is -3.87. The average Bonchev–Trinajstić information content (AvgIpc) is 2.30. The maximum absolute atomic E-state index is 11.9. The minimum absolute atomic E-state index is 0.00147. The molecular formula is C9H11BrClN3O4S. The normalized spacial score (nSPS) is 11.6. The van der Waals surface area contributed by atoms with Crippen molar-refractivity contribution in [1.29, 1.82) is 0 Å². The van der Waals surface area contributed by atoms with Crippen LogP contribution in [0.5, 0.6) is 0 Å². The monoisotopic (exact) mass is 371 g/mol. The molecule has 1 rings (SSSR count). The number of carboxylic acids is 1. The van der Waals surface area contributed by atoms with Crippen LogP contribution >= 0.6 is 27.5 Å². The van der Waals surface area contributed by atoms with E-state index in [0.717, 1.165) is 4.31 Å². The number of aliphatic carboxylic acids is 1. The Morgan fingerprint density at radius 3 is 2.84 bits per heavy atom. The Morgan fingerprint density at radius 2 is 2.26 bits per heavy atom. The lowest BCUT2D eigenvalue weighted by Crippen LogP contribution is -2.34. The van der Waals surface area contributed by atoms with Crippen molar-refractivity contribution >= 4 is 49.4 Å². The SMILES string of the molecule is CN(CCC(=O)O)S(=O)(=O)Nc1cc(Br)cnc1Cl. The molecule has 0 spiro atoms. The standard InChI is InChI=1S/C9H11BrClN3O4S/c1-14(3-2-8(15)16)19(17,18)13-7-4-6(10)5-12-9(7)11/h4-5,13H,2-3H2,1H3,(H,15,16). The maximum atomic E-state index is 11.9. The average molecular weight is 373 g/mol. The first-order valence-corrected chi connectivity index (χ1v) is 7.60. The number of rotatable bonds is 6. The zero-order valence-corrected chi connectivity index (χ0v) is 13.0. The molecule has 0 aromatic carbocycles. The van der Waals surface area contributed by atoms with Crippen molar-refractivity contribution in [3.05, 3.63) is 21.9 Å². The largest absolute Gasteiger partial charge is 0.481 e. The molecule has 10 heteroatoms. The highest BCUT2D eigenvalue weighted by molar-refractivity contribution is 9.10. The van der Waals surface area contributed by atoms with Crippen LogP contribution in [-0.2, 0) is 15.0 Å². The van der Waals surface area contributed by atoms with E-state index in [9.17, 15) is 13.2 Å². The van der Waals surface area contributed by atoms with Crippen LogP contribution in [0.2, 0.25) is 5.15 Å². The molecule has 0 unspecified atom stereocenters. The highest BCUT2D eigenvalue weighted by Crippen LogP contribution is 2.24. The van der Waals surface area contributed by atoms with Gasteiger partial charge >= 0.3 is 16.2 Å². The van der Waals surface area contributed by atoms with E-state index < -0.39 is 16.2 Å². The van der Waals surface area contributed by atoms with Crippen molar-refractivity contribution < 1.29 is 18.3 Å². The lowest BCUT2D eigenvalue weighted by atomic mass is 10.4. The van der Waals surface area contributed by atoms with Gasteiger partial charge in [-0.2, -0.15) is 12.7 Å². The second kappa shape index (κ2) is 6.51. The number of hydrogen-bond donors (Lipinski definition) is 2. The van der Waals surface area contributed by atoms with Gasteiger partial charge in [-0.25, -0.2) is 4.98 Å². The molecule has 0 amide bonds. The molecular weight excluding hydrogens is 362 g/mol. The van der Waals surface area contributed by atoms with E-state index in [1.807, 2.05) is 0 Å². The second-order valence-corrected chi connectivity index (χ2v) is 6.62. The van der Waals surface area contributed by atoms with Gasteiger partial charge in [0.2, 0.25) is 0 Å². The zero-order valence-electron chi connectivity index (χ0n) is 9.80. The Bertz CT molecular complexity index is 581. The third-order valence-electron chi connectivity index (χ3n) is 2.10. The summed E-state index contributed by atoms with van der Waals surface area (Å²) in [5.74, 6) is -1.08. The zero-order chi connectivity index (χ0) is 14.6. The fourth-order valence-electron chi connectivity index (χ4n) is 1.08. The number of hydrogen-bond acceptors (Lipinski definition) is 4. The number of carboxylic acid groups (broad SMARTS) is 1. The molecule has 0 atom stereocenters. The fourth-order valence-corrected chi connectivity index (χ4v) is 2.54. The Labute approximate surface area is 123 Å². The number of carbonyl (C=O) groups is 1. The number of nitrogens with one attached hydrogen (secondary N) is 1. The van der Waals surface area contributed by atoms with Gasteiger partial charge in [0, 0.05) is 24.3 Å². The number of anilines is 1. The summed E-state index contributed by atoms with van der Waals surface area (Å²) >= 11 is 8.91. The van der Waals surface area contributed by atoms with E-state index in [-0.39, 0.29) is 23.8 Å². The molecule has 0 aliphatic rings. The van der Waals surface area contributed by atoms with Crippen LogP contribution in [-0.4, -0.2) is 42.4 Å². The highest BCUT2D eigenvalue weighted by Gasteiger charge is 2.20. The number of nitrogens with zero attached hydrogens (tertiary/aromatic N) is 2. The van der Waals surface area contributed by atoms with Gasteiger partial charge in [0.1, 0.15) is 0 Å². The lowest BCUT2D eigenvalue weighted by molar-refractivity contribution is -0.137. The molecule has 0 fully saturated rings. The first-order valence-electron chi connectivity index (χ1n) is 4.99. The predicted octanol–water partition coefficient (Wildman–Crippen LogP) is 1.56. The molecule has 2 N–H and O–H groups in total. The van der Waals surface area contributed by atoms with Crippen LogP contribution in [0.1, 0.15) is 6.42 Å². The van der Waals surface area contributed by atoms with E-state index in [1.165, 1.54) is 19.3 Å². The third-order valence-corrected chi connectivity index (χ3v) is 4.31. The van der Waals surface area contributed by atoms with Crippen molar-refractivity contribution in [2.45, 2.75) is 6.42 Å². The Morgan fingerprint density at radius 1 is 1.63 bits per heavy atom. The summed E-state index contributed by atoms with van der Waals surface area (Å²) in [6, 6.07) is 1.46. The first-order chi connectivity index (χ1) is 8.72. The van der Waals surface area contributed by atoms with Crippen LogP contribution in [0.15, 0.2) is 16.7 Å². The predicted molar refractivity (Wildman–Crippen MR) is 74.4 cm³/mol. The number of halogens is 2. The van der Waals surface area contributed by atoms with Crippen LogP contribution in [0.25, 0.3) is 0 Å². The highest BCUT2D eigenvalue weighted by atomic mass is 79.9. The summed E-state index contributed by atoms with van der Waals surface area (Å²) in [6.45, 7) is -0.149. The third kappa shape index (κ3) is 4.94. The quantitative estimate of drug-likeness (QED) is 0.738. The summed E-state index contributed by atoms with van der Waals surface area (Å²) in [5.41, 5.74) is 0.109. The van der Waals surface area contributed by atoms with Crippen molar-refractivity contribution in [1.82, 2.24) is 9.29 Å². The van der Waals surface area contributed by atoms with Gasteiger partial charge < -0.3 is 5.11 Å². The van der Waals surface area contributed by atoms with Crippen molar-refractivity contribution in [3.8, 4) is 0 Å². The summed E-state index contributed by atoms with van der Waals surface area (Å²) in [6.07, 6.45) is 1.14. The van der Waals surface area contributed by atoms with E-state index in [1.54, 1.807) is 0 Å². The molecule has 1 heterocycles. The van der Waals surface area contributed by atoms with Gasteiger partial charge in [0.15, 0.2) is 5.15 Å². The Kier molecular flexibility index (Phi) is 5.53. The van der Waals surface area contributed by atoms with Crippen LogP contribution in [0.3, 0.4) is 0 Å². The molecule has 7 nitrogen and oxygen atoms in total. The van der Waals surface area contributed by atoms with Gasteiger partial charge in [-0.3, -0.25) is 9.52 Å². The van der Waals surface area contributed by atoms with Crippen molar-refractivity contribution in [3.63, 3.8) is 0 Å². The van der Waals surface area contributed by atoms with Crippen LogP contribution in [0.4, 0.5) is 5.69 Å². The van der Waals surface area contributed by atoms with E-state index in [0.29, 0.717) is 4.47 Å². The summed E-state index contributed by atoms with van der Waals surface area (Å²) in [7, 11) is -2.61. The molecule has 0 bridgehead atoms. The van der Waals surface area contributed by atoms with Crippen LogP contribution in [0, 0.1) is 0 Å². The molecule has 0 aliphatic carbocycles. The number of pyridine rings is 1. The molecule has 0 aliphatic heterocycles. The molecule has 19 heavy (non-hydrogen) atoms. The maximum Gasteiger partial charge on any atom is 0.304 e. The van der Waals surface area contributed by atoms with Gasteiger partial charge in [0.25, 0.3) is 0 Å². The summed E-state index contributed by atoms with van der Waals surface area (Å²) in [4.78, 5) is 14.2. The van der Waals surface area contributed by atoms with Gasteiger partial charge in [0.05, 0.1) is 12.1 Å². The van der Waals surface area contributed by atoms with E-state index in [4.69, 9.17) is 16.7 Å². The molecule has 0 saturated heterocycles. The molecule has 106 valence electrons. The Hall–Kier alpha value is -0.900. The van der Waals surface area contributed by atoms with Crippen molar-refractivity contribution in [2.24, 2.45) is 0 Å². The molecule has 1 aromatic rings. The molecule has 0 radical (unpaired) electrons. The van der Waals surface area contributed by atoms with Crippen LogP contribution < -0.4 is 4.72 Å². The molecule has 0 saturated carbocycles. The molecule has 1 aromatic heterocycles. The van der Waals surface area contributed by atoms with E-state index in [2.05, 4.69) is 25.6 Å². The van der Waals surface area contributed by atoms with Gasteiger partial charge in [-0.05, 0) is 22.0 Å². The van der Waals surface area contributed by atoms with Crippen molar-refractivity contribution in [2.75, 3.05) is 18.3 Å².